The normalized spacial score (nSPS) is 28.9. The molecule has 2 fully saturated rings. The summed E-state index contributed by atoms with van der Waals surface area (Å²) in [4.78, 5) is 16.7. The third-order valence-electron chi connectivity index (χ3n) is 5.39. The Bertz CT molecular complexity index is 680. The number of hydrogen-bond acceptors (Lipinski definition) is 3. The molecule has 110 valence electrons. The number of nitrogens with one attached hydrogen (secondary N) is 1. The van der Waals surface area contributed by atoms with E-state index in [2.05, 4.69) is 17.2 Å². The first-order valence-electron chi connectivity index (χ1n) is 7.85. The summed E-state index contributed by atoms with van der Waals surface area (Å²) in [6, 6.07) is 6.05. The van der Waals surface area contributed by atoms with Gasteiger partial charge in [0, 0.05) is 11.6 Å². The number of carbonyl (C=O) groups is 1. The van der Waals surface area contributed by atoms with Crippen LogP contribution in [0.2, 0.25) is 0 Å². The number of benzene rings is 1. The molecule has 0 saturated heterocycles. The quantitative estimate of drug-likeness (QED) is 0.935. The molecule has 0 unspecified atom stereocenters. The average molecular weight is 300 g/mol. The average Bonchev–Trinajstić information content (AvgIpc) is 3.21. The maximum atomic E-state index is 12.5. The first-order chi connectivity index (χ1) is 10.2. The molecule has 4 rings (SSSR count). The minimum Gasteiger partial charge on any atom is -0.349 e. The van der Waals surface area contributed by atoms with Crippen molar-refractivity contribution in [2.24, 2.45) is 17.8 Å². The van der Waals surface area contributed by atoms with E-state index in [1.54, 1.807) is 11.3 Å². The van der Waals surface area contributed by atoms with Crippen LogP contribution in [0, 0.1) is 17.8 Å². The van der Waals surface area contributed by atoms with Gasteiger partial charge in [0.25, 0.3) is 5.91 Å². The Hall–Kier alpha value is -1.42. The molecule has 2 bridgehead atoms. The van der Waals surface area contributed by atoms with Crippen LogP contribution >= 0.6 is 11.3 Å². The molecular weight excluding hydrogens is 280 g/mol. The van der Waals surface area contributed by atoms with Gasteiger partial charge in [0.15, 0.2) is 0 Å². The van der Waals surface area contributed by atoms with Crippen molar-refractivity contribution in [3.05, 3.63) is 29.3 Å². The van der Waals surface area contributed by atoms with Gasteiger partial charge in [-0.25, -0.2) is 4.98 Å². The number of carbonyl (C=O) groups excluding carboxylic acids is 1. The molecule has 1 amide bonds. The molecule has 0 radical (unpaired) electrons. The van der Waals surface area contributed by atoms with Crippen molar-refractivity contribution in [1.82, 2.24) is 10.3 Å². The van der Waals surface area contributed by atoms with Gasteiger partial charge in [-0.05, 0) is 62.1 Å². The molecule has 0 aliphatic heterocycles. The highest BCUT2D eigenvalue weighted by Crippen LogP contribution is 2.49. The van der Waals surface area contributed by atoms with Crippen LogP contribution in [-0.2, 0) is 0 Å². The molecule has 2 aliphatic rings. The molecule has 0 spiro atoms. The summed E-state index contributed by atoms with van der Waals surface area (Å²) in [5.41, 5.74) is 3.55. The van der Waals surface area contributed by atoms with Crippen LogP contribution < -0.4 is 5.32 Å². The lowest BCUT2D eigenvalue weighted by atomic mass is 9.84. The summed E-state index contributed by atoms with van der Waals surface area (Å²) in [7, 11) is 0. The van der Waals surface area contributed by atoms with Crippen molar-refractivity contribution in [2.75, 3.05) is 0 Å². The van der Waals surface area contributed by atoms with E-state index in [0.29, 0.717) is 5.92 Å². The van der Waals surface area contributed by atoms with Gasteiger partial charge in [0.2, 0.25) is 0 Å². The highest BCUT2D eigenvalue weighted by Gasteiger charge is 2.42. The third kappa shape index (κ3) is 2.35. The standard InChI is InChI=1S/C17H20N2OS/c1-10(14-7-11-2-3-12(14)6-11)19-17(20)13-4-5-15-16(8-13)21-9-18-15/h4-5,8-12,14H,2-3,6-7H2,1H3,(H,19,20)/t10-,11+,12+,14-/m1/s1. The third-order valence-corrected chi connectivity index (χ3v) is 6.18. The monoisotopic (exact) mass is 300 g/mol. The van der Waals surface area contributed by atoms with E-state index in [0.717, 1.165) is 27.6 Å². The van der Waals surface area contributed by atoms with Gasteiger partial charge in [-0.1, -0.05) is 6.42 Å². The number of amides is 1. The molecule has 2 saturated carbocycles. The first kappa shape index (κ1) is 13.3. The lowest BCUT2D eigenvalue weighted by molar-refractivity contribution is 0.0915. The van der Waals surface area contributed by atoms with Crippen LogP contribution in [0.15, 0.2) is 23.7 Å². The number of fused-ring (bicyclic) bond motifs is 3. The minimum atomic E-state index is 0.0561. The molecular formula is C17H20N2OS. The summed E-state index contributed by atoms with van der Waals surface area (Å²) in [5.74, 6) is 2.50. The fraction of sp³-hybridized carbons (Fsp3) is 0.529. The molecule has 1 heterocycles. The summed E-state index contributed by atoms with van der Waals surface area (Å²) < 4.78 is 1.08. The Morgan fingerprint density at radius 1 is 1.38 bits per heavy atom. The number of hydrogen-bond donors (Lipinski definition) is 1. The van der Waals surface area contributed by atoms with Crippen molar-refractivity contribution >= 4 is 27.5 Å². The second kappa shape index (κ2) is 5.09. The summed E-state index contributed by atoms with van der Waals surface area (Å²) >= 11 is 1.58. The molecule has 2 aliphatic carbocycles. The number of nitrogens with zero attached hydrogens (tertiary/aromatic N) is 1. The lowest BCUT2D eigenvalue weighted by Gasteiger charge is -2.28. The highest BCUT2D eigenvalue weighted by molar-refractivity contribution is 7.16. The molecule has 21 heavy (non-hydrogen) atoms. The van der Waals surface area contributed by atoms with E-state index in [1.807, 2.05) is 23.7 Å². The SMILES string of the molecule is C[C@@H](NC(=O)c1ccc2ncsc2c1)[C@H]1C[C@H]2CC[C@H]1C2. The zero-order valence-corrected chi connectivity index (χ0v) is 13.0. The Morgan fingerprint density at radius 3 is 3.05 bits per heavy atom. The fourth-order valence-corrected chi connectivity index (χ4v) is 5.02. The Labute approximate surface area is 128 Å². The second-order valence-electron chi connectivity index (χ2n) is 6.64. The van der Waals surface area contributed by atoms with Crippen LogP contribution in [0.25, 0.3) is 10.2 Å². The Kier molecular flexibility index (Phi) is 3.21. The molecule has 1 aromatic carbocycles. The minimum absolute atomic E-state index is 0.0561. The van der Waals surface area contributed by atoms with E-state index in [4.69, 9.17) is 0 Å². The van der Waals surface area contributed by atoms with E-state index < -0.39 is 0 Å². The molecule has 2 aromatic rings. The highest BCUT2D eigenvalue weighted by atomic mass is 32.1. The number of rotatable bonds is 3. The maximum Gasteiger partial charge on any atom is 0.251 e. The van der Waals surface area contributed by atoms with Gasteiger partial charge < -0.3 is 5.32 Å². The molecule has 4 heteroatoms. The van der Waals surface area contributed by atoms with Crippen molar-refractivity contribution in [2.45, 2.75) is 38.6 Å². The van der Waals surface area contributed by atoms with Gasteiger partial charge in [0.05, 0.1) is 15.7 Å². The van der Waals surface area contributed by atoms with Crippen molar-refractivity contribution in [3.8, 4) is 0 Å². The Balaban J connectivity index is 1.47. The molecule has 1 aromatic heterocycles. The topological polar surface area (TPSA) is 42.0 Å². The first-order valence-corrected chi connectivity index (χ1v) is 8.73. The van der Waals surface area contributed by atoms with E-state index in [9.17, 15) is 4.79 Å². The summed E-state index contributed by atoms with van der Waals surface area (Å²) in [6.45, 7) is 2.18. The second-order valence-corrected chi connectivity index (χ2v) is 7.52. The van der Waals surface area contributed by atoms with Gasteiger partial charge in [-0.3, -0.25) is 4.79 Å². The summed E-state index contributed by atoms with van der Waals surface area (Å²) in [5, 5.41) is 3.23. The van der Waals surface area contributed by atoms with Crippen LogP contribution in [0.4, 0.5) is 0 Å². The molecule has 3 nitrogen and oxygen atoms in total. The summed E-state index contributed by atoms with van der Waals surface area (Å²) in [6.07, 6.45) is 5.46. The van der Waals surface area contributed by atoms with Crippen LogP contribution in [0.3, 0.4) is 0 Å². The lowest BCUT2D eigenvalue weighted by Crippen LogP contribution is -2.40. The van der Waals surface area contributed by atoms with Gasteiger partial charge in [-0.2, -0.15) is 0 Å². The van der Waals surface area contributed by atoms with E-state index in [-0.39, 0.29) is 11.9 Å². The largest absolute Gasteiger partial charge is 0.349 e. The predicted octanol–water partition coefficient (Wildman–Crippen LogP) is 3.85. The Morgan fingerprint density at radius 2 is 2.29 bits per heavy atom. The van der Waals surface area contributed by atoms with Crippen molar-refractivity contribution < 1.29 is 4.79 Å². The zero-order chi connectivity index (χ0) is 14.4. The predicted molar refractivity (Wildman–Crippen MR) is 85.5 cm³/mol. The molecule has 1 N–H and O–H groups in total. The maximum absolute atomic E-state index is 12.5. The number of aromatic nitrogens is 1. The van der Waals surface area contributed by atoms with Crippen LogP contribution in [0.1, 0.15) is 43.0 Å². The number of thiazole rings is 1. The van der Waals surface area contributed by atoms with Gasteiger partial charge in [-0.15, -0.1) is 11.3 Å². The van der Waals surface area contributed by atoms with Gasteiger partial charge >= 0.3 is 0 Å². The van der Waals surface area contributed by atoms with Crippen molar-refractivity contribution in [1.29, 1.82) is 0 Å². The van der Waals surface area contributed by atoms with Gasteiger partial charge in [0.1, 0.15) is 0 Å². The van der Waals surface area contributed by atoms with Crippen LogP contribution in [-0.4, -0.2) is 16.9 Å². The zero-order valence-electron chi connectivity index (χ0n) is 12.2. The van der Waals surface area contributed by atoms with E-state index in [1.165, 1.54) is 25.7 Å². The smallest absolute Gasteiger partial charge is 0.251 e. The molecule has 4 atom stereocenters. The van der Waals surface area contributed by atoms with Crippen molar-refractivity contribution in [3.63, 3.8) is 0 Å². The van der Waals surface area contributed by atoms with E-state index >= 15 is 0 Å². The fourth-order valence-electron chi connectivity index (χ4n) is 4.30. The van der Waals surface area contributed by atoms with Crippen LogP contribution in [0.5, 0.6) is 0 Å².